The Labute approximate surface area is 133 Å². The third-order valence-corrected chi connectivity index (χ3v) is 4.21. The minimum Gasteiger partial charge on any atom is -0.0776 e. The van der Waals surface area contributed by atoms with Crippen molar-refractivity contribution in [2.45, 2.75) is 121 Å². The van der Waals surface area contributed by atoms with Crippen LogP contribution in [0.1, 0.15) is 121 Å². The molecule has 2 aliphatic carbocycles. The molecule has 0 heteroatoms. The molecule has 0 aromatic heterocycles. The zero-order valence-electron chi connectivity index (χ0n) is 15.7. The van der Waals surface area contributed by atoms with Crippen LogP contribution < -0.4 is 0 Å². The molecule has 0 aliphatic heterocycles. The summed E-state index contributed by atoms with van der Waals surface area (Å²) in [6, 6.07) is 0. The van der Waals surface area contributed by atoms with Gasteiger partial charge in [0.25, 0.3) is 0 Å². The quantitative estimate of drug-likeness (QED) is 0.419. The molecule has 0 nitrogen and oxygen atoms in total. The average molecular weight is 289 g/mol. The third-order valence-electron chi connectivity index (χ3n) is 4.21. The van der Waals surface area contributed by atoms with Gasteiger partial charge in [-0.25, -0.2) is 0 Å². The summed E-state index contributed by atoms with van der Waals surface area (Å²) in [7, 11) is 0. The van der Waals surface area contributed by atoms with Crippen LogP contribution in [0, 0.1) is 11.3 Å². The molecule has 128 valence electrons. The topological polar surface area (TPSA) is 0 Å². The van der Waals surface area contributed by atoms with Crippen LogP contribution in [0.5, 0.6) is 0 Å². The average Bonchev–Trinajstić information content (AvgIpc) is 3.00. The Morgan fingerprint density at radius 3 is 1.20 bits per heavy atom. The van der Waals surface area contributed by atoms with E-state index < -0.39 is 0 Å². The Kier molecular flexibility index (Phi) is 30.0. The summed E-state index contributed by atoms with van der Waals surface area (Å²) in [5.74, 6) is 1.04. The summed E-state index contributed by atoms with van der Waals surface area (Å²) in [5, 5.41) is 0. The van der Waals surface area contributed by atoms with E-state index in [2.05, 4.69) is 6.92 Å². The molecular weight excluding hydrogens is 240 g/mol. The van der Waals surface area contributed by atoms with Gasteiger partial charge in [-0.15, -0.1) is 0 Å². The van der Waals surface area contributed by atoms with Crippen LogP contribution in [-0.2, 0) is 0 Å². The predicted octanol–water partition coefficient (Wildman–Crippen LogP) is 8.50. The molecule has 0 saturated heterocycles. The molecular formula is C20H48. The van der Waals surface area contributed by atoms with E-state index in [1.165, 1.54) is 32.1 Å². The molecule has 0 N–H and O–H groups in total. The smallest absolute Gasteiger partial charge is 0.0272 e. The van der Waals surface area contributed by atoms with Crippen LogP contribution in [0.4, 0.5) is 0 Å². The highest BCUT2D eigenvalue weighted by molar-refractivity contribution is 4.91. The summed E-state index contributed by atoms with van der Waals surface area (Å²) in [5.41, 5.74) is 0.832. The van der Waals surface area contributed by atoms with Gasteiger partial charge in [-0.1, -0.05) is 102 Å². The highest BCUT2D eigenvalue weighted by Crippen LogP contribution is 2.52. The molecule has 0 aromatic carbocycles. The van der Waals surface area contributed by atoms with E-state index in [1.807, 2.05) is 55.4 Å². The Balaban J connectivity index is -0.000000124. The van der Waals surface area contributed by atoms with Gasteiger partial charge in [0, 0.05) is 0 Å². The molecule has 0 heterocycles. The minimum atomic E-state index is 0. The van der Waals surface area contributed by atoms with Crippen molar-refractivity contribution >= 4 is 0 Å². The highest BCUT2D eigenvalue weighted by atomic mass is 14.4. The van der Waals surface area contributed by atoms with Gasteiger partial charge < -0.3 is 0 Å². The van der Waals surface area contributed by atoms with Crippen molar-refractivity contribution in [2.75, 3.05) is 0 Å². The first kappa shape index (κ1) is 28.2. The zero-order chi connectivity index (χ0) is 15.7. The van der Waals surface area contributed by atoms with Gasteiger partial charge in [0.1, 0.15) is 0 Å². The van der Waals surface area contributed by atoms with Crippen LogP contribution in [0.3, 0.4) is 0 Å². The van der Waals surface area contributed by atoms with E-state index in [0.29, 0.717) is 0 Å². The normalized spacial score (nSPS) is 21.1. The van der Waals surface area contributed by atoms with E-state index in [1.54, 1.807) is 19.3 Å². The molecule has 20 heavy (non-hydrogen) atoms. The summed E-state index contributed by atoms with van der Waals surface area (Å²) < 4.78 is 0. The van der Waals surface area contributed by atoms with Gasteiger partial charge >= 0.3 is 0 Å². The van der Waals surface area contributed by atoms with E-state index in [4.69, 9.17) is 0 Å². The van der Waals surface area contributed by atoms with Crippen molar-refractivity contribution in [1.29, 1.82) is 0 Å². The summed E-state index contributed by atoms with van der Waals surface area (Å²) >= 11 is 0. The third kappa shape index (κ3) is 9.83. The van der Waals surface area contributed by atoms with Crippen molar-refractivity contribution in [3.63, 3.8) is 0 Å². The summed E-state index contributed by atoms with van der Waals surface area (Å²) in [6.07, 6.45) is 12.2. The first-order valence-electron chi connectivity index (χ1n) is 9.33. The standard InChI is InChI=1S/C11H20.4C2H6.CH4/c1-10-6-2-3-7-11(10)8-4-5-9-11;4*1-2;/h10H,2-9H2,1H3;4*1-2H3;1H4. The maximum atomic E-state index is 2.49. The fourth-order valence-corrected chi connectivity index (χ4v) is 3.30. The fraction of sp³-hybridized carbons (Fsp3) is 1.00. The molecule has 2 rings (SSSR count). The van der Waals surface area contributed by atoms with E-state index in [9.17, 15) is 0 Å². The Bertz CT molecular complexity index is 131. The lowest BCUT2D eigenvalue weighted by molar-refractivity contribution is 0.115. The molecule has 1 unspecified atom stereocenters. The van der Waals surface area contributed by atoms with Gasteiger partial charge in [0.15, 0.2) is 0 Å². The Morgan fingerprint density at radius 1 is 0.600 bits per heavy atom. The number of hydrogen-bond acceptors (Lipinski definition) is 0. The molecule has 0 radical (unpaired) electrons. The zero-order valence-corrected chi connectivity index (χ0v) is 15.7. The Hall–Kier alpha value is 0. The SMILES string of the molecule is C.CC.CC.CC.CC.CC1CCCCC12CCCC2. The first-order valence-corrected chi connectivity index (χ1v) is 9.33. The molecule has 2 fully saturated rings. The number of hydrogen-bond donors (Lipinski definition) is 0. The van der Waals surface area contributed by atoms with Crippen molar-refractivity contribution in [3.05, 3.63) is 0 Å². The van der Waals surface area contributed by atoms with Crippen molar-refractivity contribution in [1.82, 2.24) is 0 Å². The maximum Gasteiger partial charge on any atom is -0.0272 e. The monoisotopic (exact) mass is 288 g/mol. The summed E-state index contributed by atoms with van der Waals surface area (Å²) in [4.78, 5) is 0. The second-order valence-electron chi connectivity index (χ2n) is 4.72. The molecule has 2 saturated carbocycles. The van der Waals surface area contributed by atoms with E-state index in [-0.39, 0.29) is 7.43 Å². The maximum absolute atomic E-state index is 2.49. The lowest BCUT2D eigenvalue weighted by Crippen LogP contribution is -2.28. The number of rotatable bonds is 0. The predicted molar refractivity (Wildman–Crippen MR) is 101 cm³/mol. The van der Waals surface area contributed by atoms with Crippen LogP contribution in [0.15, 0.2) is 0 Å². The van der Waals surface area contributed by atoms with Crippen LogP contribution >= 0.6 is 0 Å². The Morgan fingerprint density at radius 2 is 0.900 bits per heavy atom. The lowest BCUT2D eigenvalue weighted by Gasteiger charge is -2.39. The van der Waals surface area contributed by atoms with E-state index in [0.717, 1.165) is 11.3 Å². The summed E-state index contributed by atoms with van der Waals surface area (Å²) in [6.45, 7) is 18.5. The highest BCUT2D eigenvalue weighted by Gasteiger charge is 2.39. The van der Waals surface area contributed by atoms with Gasteiger partial charge in [-0.2, -0.15) is 0 Å². The first-order chi connectivity index (χ1) is 9.33. The van der Waals surface area contributed by atoms with Gasteiger partial charge in [-0.05, 0) is 30.6 Å². The second kappa shape index (κ2) is 21.3. The van der Waals surface area contributed by atoms with Crippen LogP contribution in [-0.4, -0.2) is 0 Å². The second-order valence-corrected chi connectivity index (χ2v) is 4.72. The largest absolute Gasteiger partial charge is 0.0776 e. The van der Waals surface area contributed by atoms with Crippen molar-refractivity contribution in [3.8, 4) is 0 Å². The molecule has 0 amide bonds. The molecule has 2 aliphatic rings. The molecule has 1 atom stereocenters. The van der Waals surface area contributed by atoms with Gasteiger partial charge in [-0.3, -0.25) is 0 Å². The molecule has 1 spiro atoms. The minimum absolute atomic E-state index is 0. The fourth-order valence-electron chi connectivity index (χ4n) is 3.30. The molecule has 0 aromatic rings. The van der Waals surface area contributed by atoms with Gasteiger partial charge in [0.05, 0.1) is 0 Å². The van der Waals surface area contributed by atoms with Gasteiger partial charge in [0.2, 0.25) is 0 Å². The molecule has 0 bridgehead atoms. The van der Waals surface area contributed by atoms with Crippen molar-refractivity contribution < 1.29 is 0 Å². The van der Waals surface area contributed by atoms with Crippen LogP contribution in [0.2, 0.25) is 0 Å². The van der Waals surface area contributed by atoms with Crippen molar-refractivity contribution in [2.24, 2.45) is 11.3 Å². The lowest BCUT2D eigenvalue weighted by atomic mass is 9.66. The van der Waals surface area contributed by atoms with E-state index >= 15 is 0 Å². The van der Waals surface area contributed by atoms with Crippen LogP contribution in [0.25, 0.3) is 0 Å².